The Morgan fingerprint density at radius 2 is 1.84 bits per heavy atom. The second-order valence-corrected chi connectivity index (χ2v) is 6.31. The number of aliphatic carboxylic acids is 2. The van der Waals surface area contributed by atoms with Crippen molar-refractivity contribution in [2.24, 2.45) is 17.3 Å². The van der Waals surface area contributed by atoms with Crippen molar-refractivity contribution in [2.45, 2.75) is 52.4 Å². The standard InChI is InChI=1S/C15H22O4/c1-9(13(16)17)11-6-8-15(2)7-5-10(14(18)19)3-4-12(11)15/h10,12H,3-8H2,1-2H3,(H,16,17)(H,18,19)/b11-9+/t10-,12-,15-/m0/s1. The van der Waals surface area contributed by atoms with Gasteiger partial charge < -0.3 is 10.2 Å². The van der Waals surface area contributed by atoms with E-state index in [-0.39, 0.29) is 17.3 Å². The monoisotopic (exact) mass is 266 g/mol. The minimum atomic E-state index is -0.835. The second kappa shape index (κ2) is 4.99. The fourth-order valence-electron chi connectivity index (χ4n) is 3.86. The SMILES string of the molecule is C/C(C(=O)O)=C1/CC[C@]2(C)CC[C@@H](C(=O)O)CC[C@@H]12. The summed E-state index contributed by atoms with van der Waals surface area (Å²) >= 11 is 0. The number of carboxylic acid groups (broad SMARTS) is 2. The molecule has 2 aliphatic carbocycles. The van der Waals surface area contributed by atoms with Gasteiger partial charge in [-0.1, -0.05) is 12.5 Å². The lowest BCUT2D eigenvalue weighted by atomic mass is 9.74. The first kappa shape index (κ1) is 14.1. The highest BCUT2D eigenvalue weighted by molar-refractivity contribution is 5.87. The first-order chi connectivity index (χ1) is 8.85. The summed E-state index contributed by atoms with van der Waals surface area (Å²) in [6, 6.07) is 0. The summed E-state index contributed by atoms with van der Waals surface area (Å²) in [4.78, 5) is 22.3. The second-order valence-electron chi connectivity index (χ2n) is 6.31. The van der Waals surface area contributed by atoms with E-state index in [1.165, 1.54) is 0 Å². The minimum Gasteiger partial charge on any atom is -0.481 e. The fourth-order valence-corrected chi connectivity index (χ4v) is 3.86. The van der Waals surface area contributed by atoms with Gasteiger partial charge in [0.1, 0.15) is 0 Å². The zero-order chi connectivity index (χ0) is 14.2. The van der Waals surface area contributed by atoms with Gasteiger partial charge >= 0.3 is 11.9 Å². The molecule has 0 bridgehead atoms. The van der Waals surface area contributed by atoms with Crippen LogP contribution in [0.15, 0.2) is 11.1 Å². The van der Waals surface area contributed by atoms with Gasteiger partial charge in [0, 0.05) is 5.57 Å². The Balaban J connectivity index is 2.27. The molecule has 0 aromatic heterocycles. The van der Waals surface area contributed by atoms with Crippen LogP contribution in [-0.4, -0.2) is 22.2 Å². The van der Waals surface area contributed by atoms with Crippen molar-refractivity contribution in [3.63, 3.8) is 0 Å². The van der Waals surface area contributed by atoms with Crippen molar-refractivity contribution in [3.8, 4) is 0 Å². The van der Waals surface area contributed by atoms with Crippen LogP contribution in [0.3, 0.4) is 0 Å². The molecule has 106 valence electrons. The average molecular weight is 266 g/mol. The van der Waals surface area contributed by atoms with E-state index in [0.29, 0.717) is 12.0 Å². The number of hydrogen-bond acceptors (Lipinski definition) is 2. The Hall–Kier alpha value is -1.32. The van der Waals surface area contributed by atoms with E-state index >= 15 is 0 Å². The van der Waals surface area contributed by atoms with Gasteiger partial charge in [-0.05, 0) is 56.8 Å². The third-order valence-corrected chi connectivity index (χ3v) is 5.25. The molecule has 0 heterocycles. The highest BCUT2D eigenvalue weighted by atomic mass is 16.4. The molecule has 2 fully saturated rings. The van der Waals surface area contributed by atoms with E-state index in [4.69, 9.17) is 5.11 Å². The Kier molecular flexibility index (Phi) is 3.70. The molecule has 2 aliphatic rings. The maximum absolute atomic E-state index is 11.2. The van der Waals surface area contributed by atoms with Gasteiger partial charge in [0.25, 0.3) is 0 Å². The lowest BCUT2D eigenvalue weighted by Gasteiger charge is -2.30. The van der Waals surface area contributed by atoms with Crippen LogP contribution in [0.1, 0.15) is 52.4 Å². The van der Waals surface area contributed by atoms with Crippen LogP contribution < -0.4 is 0 Å². The van der Waals surface area contributed by atoms with Gasteiger partial charge in [0.15, 0.2) is 0 Å². The van der Waals surface area contributed by atoms with Crippen LogP contribution in [0.25, 0.3) is 0 Å². The Bertz CT molecular complexity index is 437. The van der Waals surface area contributed by atoms with E-state index in [0.717, 1.165) is 37.7 Å². The van der Waals surface area contributed by atoms with Crippen LogP contribution in [0.4, 0.5) is 0 Å². The summed E-state index contributed by atoms with van der Waals surface area (Å²) in [5.74, 6) is -1.54. The first-order valence-corrected chi connectivity index (χ1v) is 7.01. The molecular weight excluding hydrogens is 244 g/mol. The molecule has 0 aliphatic heterocycles. The highest BCUT2D eigenvalue weighted by Gasteiger charge is 2.45. The molecule has 2 N–H and O–H groups in total. The van der Waals surface area contributed by atoms with E-state index in [1.54, 1.807) is 6.92 Å². The van der Waals surface area contributed by atoms with Crippen molar-refractivity contribution < 1.29 is 19.8 Å². The number of carbonyl (C=O) groups is 2. The molecule has 0 spiro atoms. The molecule has 3 atom stereocenters. The van der Waals surface area contributed by atoms with Crippen LogP contribution >= 0.6 is 0 Å². The molecular formula is C15H22O4. The molecule has 2 rings (SSSR count). The molecule has 0 aromatic rings. The van der Waals surface area contributed by atoms with Gasteiger partial charge in [-0.2, -0.15) is 0 Å². The first-order valence-electron chi connectivity index (χ1n) is 7.01. The highest BCUT2D eigenvalue weighted by Crippen LogP contribution is 2.55. The van der Waals surface area contributed by atoms with Crippen molar-refractivity contribution >= 4 is 11.9 Å². The zero-order valence-electron chi connectivity index (χ0n) is 11.6. The van der Waals surface area contributed by atoms with Gasteiger partial charge in [-0.3, -0.25) is 4.79 Å². The van der Waals surface area contributed by atoms with Crippen LogP contribution in [0.2, 0.25) is 0 Å². The Morgan fingerprint density at radius 3 is 2.42 bits per heavy atom. The Labute approximate surface area is 113 Å². The lowest BCUT2D eigenvalue weighted by molar-refractivity contribution is -0.142. The van der Waals surface area contributed by atoms with E-state index in [2.05, 4.69) is 6.92 Å². The molecule has 0 amide bonds. The van der Waals surface area contributed by atoms with E-state index < -0.39 is 11.9 Å². The largest absolute Gasteiger partial charge is 0.481 e. The predicted octanol–water partition coefficient (Wildman–Crippen LogP) is 3.08. The van der Waals surface area contributed by atoms with Gasteiger partial charge in [-0.15, -0.1) is 0 Å². The summed E-state index contributed by atoms with van der Waals surface area (Å²) in [6.45, 7) is 3.88. The number of rotatable bonds is 2. The maximum atomic E-state index is 11.2. The molecule has 0 radical (unpaired) electrons. The molecule has 2 saturated carbocycles. The Morgan fingerprint density at radius 1 is 1.16 bits per heavy atom. The van der Waals surface area contributed by atoms with E-state index in [9.17, 15) is 14.7 Å². The summed E-state index contributed by atoms with van der Waals surface area (Å²) in [7, 11) is 0. The van der Waals surface area contributed by atoms with Gasteiger partial charge in [0.2, 0.25) is 0 Å². The summed E-state index contributed by atoms with van der Waals surface area (Å²) in [6.07, 6.45) is 4.95. The van der Waals surface area contributed by atoms with Crippen molar-refractivity contribution in [1.82, 2.24) is 0 Å². The molecule has 4 heteroatoms. The van der Waals surface area contributed by atoms with Crippen LogP contribution in [0.5, 0.6) is 0 Å². The normalized spacial score (nSPS) is 37.4. The molecule has 0 saturated heterocycles. The van der Waals surface area contributed by atoms with Crippen molar-refractivity contribution in [2.75, 3.05) is 0 Å². The fraction of sp³-hybridized carbons (Fsp3) is 0.733. The summed E-state index contributed by atoms with van der Waals surface area (Å²) < 4.78 is 0. The predicted molar refractivity (Wildman–Crippen MR) is 70.8 cm³/mol. The number of fused-ring (bicyclic) bond motifs is 1. The zero-order valence-corrected chi connectivity index (χ0v) is 11.6. The van der Waals surface area contributed by atoms with Crippen molar-refractivity contribution in [3.05, 3.63) is 11.1 Å². The lowest BCUT2D eigenvalue weighted by Crippen LogP contribution is -2.21. The average Bonchev–Trinajstić information content (AvgIpc) is 2.55. The van der Waals surface area contributed by atoms with Crippen LogP contribution in [0, 0.1) is 17.3 Å². The molecule has 19 heavy (non-hydrogen) atoms. The van der Waals surface area contributed by atoms with Crippen LogP contribution in [-0.2, 0) is 9.59 Å². The third kappa shape index (κ3) is 2.53. The summed E-state index contributed by atoms with van der Waals surface area (Å²) in [5.41, 5.74) is 1.62. The minimum absolute atomic E-state index is 0.0935. The third-order valence-electron chi connectivity index (χ3n) is 5.25. The topological polar surface area (TPSA) is 74.6 Å². The molecule has 4 nitrogen and oxygen atoms in total. The quantitative estimate of drug-likeness (QED) is 0.753. The smallest absolute Gasteiger partial charge is 0.331 e. The number of hydrogen-bond donors (Lipinski definition) is 2. The number of allylic oxidation sites excluding steroid dienone is 1. The maximum Gasteiger partial charge on any atom is 0.331 e. The molecule has 0 unspecified atom stereocenters. The number of carboxylic acids is 2. The van der Waals surface area contributed by atoms with E-state index in [1.807, 2.05) is 0 Å². The van der Waals surface area contributed by atoms with Gasteiger partial charge in [0.05, 0.1) is 5.92 Å². The molecule has 0 aromatic carbocycles. The summed E-state index contributed by atoms with van der Waals surface area (Å²) in [5, 5.41) is 18.3. The van der Waals surface area contributed by atoms with Crippen molar-refractivity contribution in [1.29, 1.82) is 0 Å². The van der Waals surface area contributed by atoms with Gasteiger partial charge in [-0.25, -0.2) is 4.79 Å².